The van der Waals surface area contributed by atoms with E-state index >= 15 is 0 Å². The first kappa shape index (κ1) is 23.1. The highest BCUT2D eigenvalue weighted by Crippen LogP contribution is 2.32. The molecule has 3 aromatic carbocycles. The lowest BCUT2D eigenvalue weighted by Gasteiger charge is -2.20. The minimum atomic E-state index is -0.246. The highest BCUT2D eigenvalue weighted by atomic mass is 16.5. The van der Waals surface area contributed by atoms with Crippen LogP contribution in [0.5, 0.6) is 5.75 Å². The molecule has 5 nitrogen and oxygen atoms in total. The molecule has 0 aliphatic carbocycles. The van der Waals surface area contributed by atoms with Crippen LogP contribution in [-0.4, -0.2) is 18.4 Å². The van der Waals surface area contributed by atoms with E-state index in [-0.39, 0.29) is 18.4 Å². The Morgan fingerprint density at radius 1 is 0.750 bits per heavy atom. The quantitative estimate of drug-likeness (QED) is 0.447. The molecule has 0 aliphatic heterocycles. The third-order valence-corrected chi connectivity index (χ3v) is 5.16. The molecule has 2 N–H and O–H groups in total. The molecule has 3 aromatic rings. The second-order valence-corrected chi connectivity index (χ2v) is 8.30. The number of rotatable bonds is 8. The van der Waals surface area contributed by atoms with Gasteiger partial charge in [-0.3, -0.25) is 9.59 Å². The Bertz CT molecular complexity index is 1030. The average Bonchev–Trinajstić information content (AvgIpc) is 2.78. The van der Waals surface area contributed by atoms with Gasteiger partial charge in [-0.25, -0.2) is 0 Å². The minimum Gasteiger partial charge on any atom is -0.484 e. The van der Waals surface area contributed by atoms with Gasteiger partial charge >= 0.3 is 0 Å². The van der Waals surface area contributed by atoms with E-state index in [4.69, 9.17) is 4.74 Å². The molecule has 5 heteroatoms. The monoisotopic (exact) mass is 430 g/mol. The van der Waals surface area contributed by atoms with Gasteiger partial charge in [0.25, 0.3) is 11.8 Å². The van der Waals surface area contributed by atoms with Gasteiger partial charge in [0.1, 0.15) is 5.75 Å². The Balaban J connectivity index is 1.64. The first-order valence-corrected chi connectivity index (χ1v) is 10.9. The number of nitrogens with one attached hydrogen (secondary N) is 2. The molecule has 0 aliphatic rings. The minimum absolute atomic E-state index is 0.111. The van der Waals surface area contributed by atoms with E-state index in [1.165, 1.54) is 0 Å². The van der Waals surface area contributed by atoms with Crippen molar-refractivity contribution in [1.29, 1.82) is 0 Å². The summed E-state index contributed by atoms with van der Waals surface area (Å²) in [5.41, 5.74) is 4.37. The second-order valence-electron chi connectivity index (χ2n) is 8.30. The van der Waals surface area contributed by atoms with Crippen LogP contribution in [0.3, 0.4) is 0 Å². The Hall–Kier alpha value is -3.60. The number of benzene rings is 3. The number of anilines is 2. The van der Waals surface area contributed by atoms with Gasteiger partial charge in [-0.1, -0.05) is 64.1 Å². The van der Waals surface area contributed by atoms with E-state index in [0.717, 1.165) is 22.5 Å². The van der Waals surface area contributed by atoms with Gasteiger partial charge in [0.2, 0.25) is 0 Å². The lowest BCUT2D eigenvalue weighted by Crippen LogP contribution is -2.20. The summed E-state index contributed by atoms with van der Waals surface area (Å²) in [4.78, 5) is 25.0. The molecule has 0 saturated carbocycles. The van der Waals surface area contributed by atoms with Crippen molar-refractivity contribution in [3.8, 4) is 5.75 Å². The summed E-state index contributed by atoms with van der Waals surface area (Å²) in [7, 11) is 0. The van der Waals surface area contributed by atoms with E-state index in [2.05, 4.69) is 50.5 Å². The van der Waals surface area contributed by atoms with Crippen LogP contribution in [0.1, 0.15) is 61.0 Å². The van der Waals surface area contributed by atoms with Crippen LogP contribution >= 0.6 is 0 Å². The molecule has 3 rings (SSSR count). The number of hydrogen-bond donors (Lipinski definition) is 2. The molecule has 0 saturated heterocycles. The average molecular weight is 431 g/mol. The fraction of sp³-hybridized carbons (Fsp3) is 0.259. The zero-order valence-corrected chi connectivity index (χ0v) is 19.0. The SMILES string of the molecule is CC(C)c1cccc(C(C)C)c1NC(=O)c1ccc(OCC(=O)Nc2ccccc2)cc1. The van der Waals surface area contributed by atoms with Crippen molar-refractivity contribution in [2.45, 2.75) is 39.5 Å². The molecule has 166 valence electrons. The predicted octanol–water partition coefficient (Wildman–Crippen LogP) is 6.20. The second kappa shape index (κ2) is 10.6. The zero-order valence-electron chi connectivity index (χ0n) is 19.0. The number of para-hydroxylation sites is 2. The van der Waals surface area contributed by atoms with E-state index in [1.807, 2.05) is 36.4 Å². The van der Waals surface area contributed by atoms with Gasteiger partial charge in [-0.15, -0.1) is 0 Å². The Morgan fingerprint density at radius 2 is 1.34 bits per heavy atom. The maximum atomic E-state index is 12.9. The van der Waals surface area contributed by atoms with Crippen LogP contribution in [0, 0.1) is 0 Å². The van der Waals surface area contributed by atoms with Crippen molar-refractivity contribution in [3.05, 3.63) is 89.5 Å². The van der Waals surface area contributed by atoms with Crippen molar-refractivity contribution < 1.29 is 14.3 Å². The molecule has 0 atom stereocenters. The highest BCUT2D eigenvalue weighted by Gasteiger charge is 2.17. The summed E-state index contributed by atoms with van der Waals surface area (Å²) in [6.07, 6.45) is 0. The van der Waals surface area contributed by atoms with Gasteiger partial charge in [-0.05, 0) is 59.4 Å². The molecule has 0 spiro atoms. The van der Waals surface area contributed by atoms with Crippen molar-refractivity contribution >= 4 is 23.2 Å². The molecule has 0 fully saturated rings. The summed E-state index contributed by atoms with van der Waals surface area (Å²) in [6.45, 7) is 8.37. The fourth-order valence-corrected chi connectivity index (χ4v) is 3.45. The highest BCUT2D eigenvalue weighted by molar-refractivity contribution is 6.05. The van der Waals surface area contributed by atoms with Gasteiger partial charge < -0.3 is 15.4 Å². The largest absolute Gasteiger partial charge is 0.484 e. The number of ether oxygens (including phenoxy) is 1. The van der Waals surface area contributed by atoms with Gasteiger partial charge in [0, 0.05) is 16.9 Å². The van der Waals surface area contributed by atoms with Crippen molar-refractivity contribution in [3.63, 3.8) is 0 Å². The smallest absolute Gasteiger partial charge is 0.262 e. The zero-order chi connectivity index (χ0) is 23.1. The summed E-state index contributed by atoms with van der Waals surface area (Å²) >= 11 is 0. The Morgan fingerprint density at radius 3 is 1.91 bits per heavy atom. The molecular formula is C27H30N2O3. The summed E-state index contributed by atoms with van der Waals surface area (Å²) < 4.78 is 5.55. The lowest BCUT2D eigenvalue weighted by atomic mass is 9.92. The van der Waals surface area contributed by atoms with Crippen molar-refractivity contribution in [2.75, 3.05) is 17.2 Å². The van der Waals surface area contributed by atoms with Crippen LogP contribution < -0.4 is 15.4 Å². The third kappa shape index (κ3) is 5.97. The van der Waals surface area contributed by atoms with E-state index < -0.39 is 0 Å². The Kier molecular flexibility index (Phi) is 7.66. The number of hydrogen-bond acceptors (Lipinski definition) is 3. The molecule has 32 heavy (non-hydrogen) atoms. The van der Waals surface area contributed by atoms with E-state index in [0.29, 0.717) is 23.1 Å². The fourth-order valence-electron chi connectivity index (χ4n) is 3.45. The van der Waals surface area contributed by atoms with Gasteiger partial charge in [0.05, 0.1) is 0 Å². The van der Waals surface area contributed by atoms with Crippen LogP contribution in [0.2, 0.25) is 0 Å². The predicted molar refractivity (Wildman–Crippen MR) is 130 cm³/mol. The normalized spacial score (nSPS) is 10.8. The number of carbonyl (C=O) groups excluding carboxylic acids is 2. The Labute approximate surface area is 189 Å². The van der Waals surface area contributed by atoms with Crippen LogP contribution in [-0.2, 0) is 4.79 Å². The molecule has 0 bridgehead atoms. The summed E-state index contributed by atoms with van der Waals surface area (Å²) in [5.74, 6) is 0.691. The van der Waals surface area contributed by atoms with Crippen molar-refractivity contribution in [1.82, 2.24) is 0 Å². The molecular weight excluding hydrogens is 400 g/mol. The van der Waals surface area contributed by atoms with E-state index in [1.54, 1.807) is 24.3 Å². The lowest BCUT2D eigenvalue weighted by molar-refractivity contribution is -0.118. The number of amides is 2. The first-order valence-electron chi connectivity index (χ1n) is 10.9. The summed E-state index contributed by atoms with van der Waals surface area (Å²) in [5, 5.41) is 5.88. The van der Waals surface area contributed by atoms with Gasteiger partial charge in [0.15, 0.2) is 6.61 Å². The van der Waals surface area contributed by atoms with E-state index in [9.17, 15) is 9.59 Å². The number of carbonyl (C=O) groups is 2. The van der Waals surface area contributed by atoms with Crippen LogP contribution in [0.15, 0.2) is 72.8 Å². The van der Waals surface area contributed by atoms with Crippen LogP contribution in [0.4, 0.5) is 11.4 Å². The molecule has 0 radical (unpaired) electrons. The third-order valence-electron chi connectivity index (χ3n) is 5.16. The molecule has 2 amide bonds. The maximum absolute atomic E-state index is 12.9. The maximum Gasteiger partial charge on any atom is 0.262 e. The standard InChI is InChI=1S/C27H30N2O3/c1-18(2)23-11-8-12-24(19(3)4)26(23)29-27(31)20-13-15-22(16-14-20)32-17-25(30)28-21-9-6-5-7-10-21/h5-16,18-19H,17H2,1-4H3,(H,28,30)(H,29,31). The molecule has 0 aromatic heterocycles. The van der Waals surface area contributed by atoms with Crippen LogP contribution in [0.25, 0.3) is 0 Å². The first-order chi connectivity index (χ1) is 15.3. The van der Waals surface area contributed by atoms with Crippen molar-refractivity contribution in [2.24, 2.45) is 0 Å². The molecule has 0 heterocycles. The topological polar surface area (TPSA) is 67.4 Å². The summed E-state index contributed by atoms with van der Waals surface area (Å²) in [6, 6.07) is 22.2. The molecule has 0 unspecified atom stereocenters. The van der Waals surface area contributed by atoms with Gasteiger partial charge in [-0.2, -0.15) is 0 Å².